The molecule has 1 aromatic rings. The van der Waals surface area contributed by atoms with Crippen molar-refractivity contribution in [1.29, 1.82) is 0 Å². The van der Waals surface area contributed by atoms with Crippen molar-refractivity contribution in [3.8, 4) is 0 Å². The minimum Gasteiger partial charge on any atom is -0.443 e. The highest BCUT2D eigenvalue weighted by Gasteiger charge is 2.21. The molecule has 1 atom stereocenters. The van der Waals surface area contributed by atoms with Gasteiger partial charge < -0.3 is 14.8 Å². The van der Waals surface area contributed by atoms with Gasteiger partial charge in [0.05, 0.1) is 6.20 Å². The molecule has 2 rings (SSSR count). The molecule has 0 spiro atoms. The maximum absolute atomic E-state index is 8.74. The average molecular weight is 168 g/mol. The van der Waals surface area contributed by atoms with E-state index in [9.17, 15) is 0 Å². The molecule has 0 radical (unpaired) electrons. The molecule has 1 unspecified atom stereocenters. The number of aliphatic hydroxyl groups is 1. The number of hydrogen-bond acceptors (Lipinski definition) is 4. The van der Waals surface area contributed by atoms with Gasteiger partial charge in [0.25, 0.3) is 0 Å². The Bertz CT molecular complexity index is 253. The van der Waals surface area contributed by atoms with E-state index in [4.69, 9.17) is 9.52 Å². The van der Waals surface area contributed by atoms with E-state index in [-0.39, 0.29) is 6.61 Å². The molecule has 0 aliphatic carbocycles. The van der Waals surface area contributed by atoms with Crippen LogP contribution >= 0.6 is 0 Å². The van der Waals surface area contributed by atoms with Gasteiger partial charge in [-0.15, -0.1) is 0 Å². The Kier molecular flexibility index (Phi) is 2.10. The molecular weight excluding hydrogens is 156 g/mol. The van der Waals surface area contributed by atoms with Crippen LogP contribution in [0.25, 0.3) is 0 Å². The standard InChI is InChI=1S/C8H12N2O2/c11-5-7-4-10-8(12-7)6-1-2-9-3-6/h4,6,9,11H,1-3,5H2. The topological polar surface area (TPSA) is 58.3 Å². The van der Waals surface area contributed by atoms with Gasteiger partial charge in [-0.3, -0.25) is 0 Å². The fourth-order valence-corrected chi connectivity index (χ4v) is 1.45. The van der Waals surface area contributed by atoms with E-state index in [0.717, 1.165) is 25.4 Å². The van der Waals surface area contributed by atoms with Crippen LogP contribution in [-0.4, -0.2) is 23.2 Å². The summed E-state index contributed by atoms with van der Waals surface area (Å²) in [6, 6.07) is 0. The van der Waals surface area contributed by atoms with Gasteiger partial charge in [0.2, 0.25) is 0 Å². The molecule has 1 aliphatic heterocycles. The van der Waals surface area contributed by atoms with Crippen molar-refractivity contribution in [2.24, 2.45) is 0 Å². The highest BCUT2D eigenvalue weighted by Crippen LogP contribution is 2.21. The van der Waals surface area contributed by atoms with Gasteiger partial charge in [-0.2, -0.15) is 0 Å². The third-order valence-electron chi connectivity index (χ3n) is 2.14. The van der Waals surface area contributed by atoms with Crippen molar-refractivity contribution >= 4 is 0 Å². The summed E-state index contributed by atoms with van der Waals surface area (Å²) in [5.74, 6) is 1.70. The van der Waals surface area contributed by atoms with Crippen LogP contribution in [0.15, 0.2) is 10.6 Å². The normalized spacial score (nSPS) is 23.2. The first kappa shape index (κ1) is 7.76. The van der Waals surface area contributed by atoms with Crippen molar-refractivity contribution < 1.29 is 9.52 Å². The van der Waals surface area contributed by atoms with E-state index in [1.165, 1.54) is 0 Å². The molecule has 66 valence electrons. The smallest absolute Gasteiger partial charge is 0.198 e. The second-order valence-electron chi connectivity index (χ2n) is 3.01. The fraction of sp³-hybridized carbons (Fsp3) is 0.625. The first-order valence-electron chi connectivity index (χ1n) is 4.16. The molecule has 1 aromatic heterocycles. The molecule has 4 heteroatoms. The Morgan fingerprint density at radius 1 is 1.75 bits per heavy atom. The van der Waals surface area contributed by atoms with Gasteiger partial charge in [-0.25, -0.2) is 4.98 Å². The minimum atomic E-state index is -0.0624. The summed E-state index contributed by atoms with van der Waals surface area (Å²) in [5, 5.41) is 12.0. The highest BCUT2D eigenvalue weighted by atomic mass is 16.4. The van der Waals surface area contributed by atoms with E-state index >= 15 is 0 Å². The molecule has 1 fully saturated rings. The molecule has 12 heavy (non-hydrogen) atoms. The van der Waals surface area contributed by atoms with Crippen molar-refractivity contribution in [1.82, 2.24) is 10.3 Å². The van der Waals surface area contributed by atoms with Crippen LogP contribution in [-0.2, 0) is 6.61 Å². The summed E-state index contributed by atoms with van der Waals surface area (Å²) in [5.41, 5.74) is 0. The van der Waals surface area contributed by atoms with E-state index in [0.29, 0.717) is 11.7 Å². The second-order valence-corrected chi connectivity index (χ2v) is 3.01. The first-order valence-corrected chi connectivity index (χ1v) is 4.16. The number of oxazole rings is 1. The molecule has 2 N–H and O–H groups in total. The van der Waals surface area contributed by atoms with Gasteiger partial charge in [-0.05, 0) is 13.0 Å². The molecule has 1 aliphatic rings. The van der Waals surface area contributed by atoms with Gasteiger partial charge in [0, 0.05) is 12.5 Å². The molecule has 0 aromatic carbocycles. The Hall–Kier alpha value is -0.870. The molecule has 0 bridgehead atoms. The zero-order valence-electron chi connectivity index (χ0n) is 6.79. The summed E-state index contributed by atoms with van der Waals surface area (Å²) < 4.78 is 5.32. The average Bonchev–Trinajstić information content (AvgIpc) is 2.75. The van der Waals surface area contributed by atoms with Gasteiger partial charge in [-0.1, -0.05) is 0 Å². The van der Waals surface area contributed by atoms with Gasteiger partial charge >= 0.3 is 0 Å². The number of hydrogen-bond donors (Lipinski definition) is 2. The Morgan fingerprint density at radius 3 is 3.25 bits per heavy atom. The molecular formula is C8H12N2O2. The lowest BCUT2D eigenvalue weighted by Crippen LogP contribution is -2.07. The lowest BCUT2D eigenvalue weighted by Gasteiger charge is -2.00. The number of aromatic nitrogens is 1. The number of rotatable bonds is 2. The molecule has 0 saturated carbocycles. The van der Waals surface area contributed by atoms with Crippen LogP contribution in [0.3, 0.4) is 0 Å². The van der Waals surface area contributed by atoms with Crippen LogP contribution in [0.2, 0.25) is 0 Å². The van der Waals surface area contributed by atoms with E-state index in [2.05, 4.69) is 10.3 Å². The lowest BCUT2D eigenvalue weighted by molar-refractivity contribution is 0.241. The third kappa shape index (κ3) is 1.35. The largest absolute Gasteiger partial charge is 0.443 e. The lowest BCUT2D eigenvalue weighted by atomic mass is 10.1. The minimum absolute atomic E-state index is 0.0624. The predicted octanol–water partition coefficient (Wildman–Crippen LogP) is 0.244. The number of nitrogens with zero attached hydrogens (tertiary/aromatic N) is 1. The van der Waals surface area contributed by atoms with Crippen LogP contribution in [0.5, 0.6) is 0 Å². The van der Waals surface area contributed by atoms with Crippen molar-refractivity contribution in [2.45, 2.75) is 18.9 Å². The molecule has 0 amide bonds. The summed E-state index contributed by atoms with van der Waals surface area (Å²) in [6.45, 7) is 1.90. The van der Waals surface area contributed by atoms with Crippen LogP contribution in [0, 0.1) is 0 Å². The van der Waals surface area contributed by atoms with Crippen LogP contribution in [0.4, 0.5) is 0 Å². The fourth-order valence-electron chi connectivity index (χ4n) is 1.45. The van der Waals surface area contributed by atoms with E-state index in [1.54, 1.807) is 6.20 Å². The SMILES string of the molecule is OCc1cnc(C2CCNC2)o1. The molecule has 4 nitrogen and oxygen atoms in total. The number of aliphatic hydroxyl groups excluding tert-OH is 1. The van der Waals surface area contributed by atoms with Crippen LogP contribution < -0.4 is 5.32 Å². The van der Waals surface area contributed by atoms with E-state index in [1.807, 2.05) is 0 Å². The maximum Gasteiger partial charge on any atom is 0.198 e. The zero-order valence-corrected chi connectivity index (χ0v) is 6.79. The molecule has 1 saturated heterocycles. The quantitative estimate of drug-likeness (QED) is 0.664. The summed E-state index contributed by atoms with van der Waals surface area (Å²) in [7, 11) is 0. The Balaban J connectivity index is 2.11. The van der Waals surface area contributed by atoms with Crippen molar-refractivity contribution in [3.63, 3.8) is 0 Å². The summed E-state index contributed by atoms with van der Waals surface area (Å²) >= 11 is 0. The highest BCUT2D eigenvalue weighted by molar-refractivity contribution is 5.00. The monoisotopic (exact) mass is 168 g/mol. The van der Waals surface area contributed by atoms with E-state index < -0.39 is 0 Å². The maximum atomic E-state index is 8.74. The molecule has 2 heterocycles. The number of nitrogens with one attached hydrogen (secondary N) is 1. The van der Waals surface area contributed by atoms with Gasteiger partial charge in [0.15, 0.2) is 5.89 Å². The van der Waals surface area contributed by atoms with Gasteiger partial charge in [0.1, 0.15) is 12.4 Å². The van der Waals surface area contributed by atoms with Crippen molar-refractivity contribution in [3.05, 3.63) is 17.8 Å². The second kappa shape index (κ2) is 3.25. The summed E-state index contributed by atoms with van der Waals surface area (Å²) in [4.78, 5) is 4.10. The first-order chi connectivity index (χ1) is 5.90. The Labute approximate surface area is 70.6 Å². The summed E-state index contributed by atoms with van der Waals surface area (Å²) in [6.07, 6.45) is 2.67. The predicted molar refractivity (Wildman–Crippen MR) is 42.7 cm³/mol. The zero-order chi connectivity index (χ0) is 8.39. The third-order valence-corrected chi connectivity index (χ3v) is 2.14. The van der Waals surface area contributed by atoms with Crippen LogP contribution in [0.1, 0.15) is 24.0 Å². The van der Waals surface area contributed by atoms with Crippen molar-refractivity contribution in [2.75, 3.05) is 13.1 Å². The Morgan fingerprint density at radius 2 is 2.67 bits per heavy atom.